The number of hydrogen-bond donors (Lipinski definition) is 0. The highest BCUT2D eigenvalue weighted by molar-refractivity contribution is 7.86. The Hall–Kier alpha value is -1.59. The van der Waals surface area contributed by atoms with Crippen molar-refractivity contribution in [2.75, 3.05) is 19.4 Å². The van der Waals surface area contributed by atoms with Crippen LogP contribution in [-0.4, -0.2) is 51.0 Å². The van der Waals surface area contributed by atoms with Gasteiger partial charge in [0.1, 0.15) is 6.61 Å². The Morgan fingerprint density at radius 2 is 2.32 bits per heavy atom. The smallest absolute Gasteiger partial charge is 0.410 e. The van der Waals surface area contributed by atoms with Crippen molar-refractivity contribution in [2.24, 2.45) is 0 Å². The molecule has 1 heterocycles. The molecule has 1 rings (SSSR count). The van der Waals surface area contributed by atoms with E-state index in [0.29, 0.717) is 6.42 Å². The second-order valence-electron chi connectivity index (χ2n) is 4.19. The van der Waals surface area contributed by atoms with Gasteiger partial charge in [0.25, 0.3) is 10.1 Å². The molecule has 0 aromatic rings. The summed E-state index contributed by atoms with van der Waals surface area (Å²) in [6.45, 7) is 3.58. The molecule has 1 aliphatic heterocycles. The zero-order chi connectivity index (χ0) is 14.5. The van der Waals surface area contributed by atoms with Crippen LogP contribution < -0.4 is 0 Å². The summed E-state index contributed by atoms with van der Waals surface area (Å²) in [6.07, 6.45) is 1.55. The molecule has 1 fully saturated rings. The maximum atomic E-state index is 11.7. The maximum absolute atomic E-state index is 11.7. The van der Waals surface area contributed by atoms with E-state index in [-0.39, 0.29) is 19.6 Å². The SMILES string of the molecule is C=CCOC(=O)N1C[C@H](OS(C)(=O)=O)C[C@H]1CC#N. The van der Waals surface area contributed by atoms with Crippen LogP contribution in [0, 0.1) is 11.3 Å². The van der Waals surface area contributed by atoms with Crippen LogP contribution in [0.3, 0.4) is 0 Å². The monoisotopic (exact) mass is 288 g/mol. The molecule has 106 valence electrons. The summed E-state index contributed by atoms with van der Waals surface area (Å²) >= 11 is 0. The predicted molar refractivity (Wildman–Crippen MR) is 66.6 cm³/mol. The summed E-state index contributed by atoms with van der Waals surface area (Å²) in [5.74, 6) is 0. The Kier molecular flexibility index (Phi) is 5.32. The second-order valence-corrected chi connectivity index (χ2v) is 5.79. The van der Waals surface area contributed by atoms with Gasteiger partial charge in [-0.25, -0.2) is 4.79 Å². The molecule has 0 aromatic heterocycles. The number of ether oxygens (including phenoxy) is 1. The number of hydrogen-bond acceptors (Lipinski definition) is 6. The average Bonchev–Trinajstić information content (AvgIpc) is 2.67. The molecule has 0 unspecified atom stereocenters. The lowest BCUT2D eigenvalue weighted by molar-refractivity contribution is 0.105. The Morgan fingerprint density at radius 3 is 2.84 bits per heavy atom. The van der Waals surface area contributed by atoms with Crippen molar-refractivity contribution < 1.29 is 22.1 Å². The van der Waals surface area contributed by atoms with Crippen LogP contribution in [0.25, 0.3) is 0 Å². The fourth-order valence-corrected chi connectivity index (χ4v) is 2.56. The topological polar surface area (TPSA) is 96.7 Å². The van der Waals surface area contributed by atoms with Crippen LogP contribution in [-0.2, 0) is 19.0 Å². The molecule has 0 radical (unpaired) electrons. The standard InChI is InChI=1S/C11H16N2O5S/c1-3-6-17-11(14)13-8-10(18-19(2,15)16)7-9(13)4-5-12/h3,9-10H,1,4,6-8H2,2H3/t9-,10-/m1/s1. The summed E-state index contributed by atoms with van der Waals surface area (Å²) in [4.78, 5) is 13.1. The molecule has 1 amide bonds. The van der Waals surface area contributed by atoms with Crippen molar-refractivity contribution in [1.29, 1.82) is 5.26 Å². The zero-order valence-electron chi connectivity index (χ0n) is 10.6. The molecule has 1 saturated heterocycles. The van der Waals surface area contributed by atoms with Gasteiger partial charge >= 0.3 is 6.09 Å². The number of rotatable bonds is 5. The highest BCUT2D eigenvalue weighted by Gasteiger charge is 2.38. The third kappa shape index (κ3) is 4.89. The van der Waals surface area contributed by atoms with Crippen molar-refractivity contribution in [3.8, 4) is 6.07 Å². The maximum Gasteiger partial charge on any atom is 0.410 e. The van der Waals surface area contributed by atoms with E-state index in [1.165, 1.54) is 11.0 Å². The summed E-state index contributed by atoms with van der Waals surface area (Å²) < 4.78 is 31.9. The number of carbonyl (C=O) groups excluding carboxylic acids is 1. The summed E-state index contributed by atoms with van der Waals surface area (Å²) in [6, 6.07) is 1.56. The van der Waals surface area contributed by atoms with Gasteiger partial charge in [0, 0.05) is 0 Å². The number of carbonyl (C=O) groups is 1. The van der Waals surface area contributed by atoms with Gasteiger partial charge in [-0.1, -0.05) is 12.7 Å². The fourth-order valence-electron chi connectivity index (χ4n) is 1.93. The minimum atomic E-state index is -3.59. The van der Waals surface area contributed by atoms with E-state index >= 15 is 0 Å². The molecule has 0 spiro atoms. The number of nitriles is 1. The van der Waals surface area contributed by atoms with Gasteiger partial charge in [0.2, 0.25) is 0 Å². The average molecular weight is 288 g/mol. The van der Waals surface area contributed by atoms with Gasteiger partial charge in [-0.05, 0) is 6.42 Å². The molecule has 0 N–H and O–H groups in total. The molecule has 0 saturated carbocycles. The highest BCUT2D eigenvalue weighted by atomic mass is 32.2. The van der Waals surface area contributed by atoms with E-state index in [2.05, 4.69) is 6.58 Å². The third-order valence-electron chi connectivity index (χ3n) is 2.57. The first-order valence-corrected chi connectivity index (χ1v) is 7.48. The van der Waals surface area contributed by atoms with Crippen molar-refractivity contribution in [1.82, 2.24) is 4.90 Å². The van der Waals surface area contributed by atoms with Crippen molar-refractivity contribution in [3.05, 3.63) is 12.7 Å². The van der Waals surface area contributed by atoms with E-state index < -0.39 is 28.4 Å². The van der Waals surface area contributed by atoms with Gasteiger partial charge in [-0.2, -0.15) is 13.7 Å². The van der Waals surface area contributed by atoms with Crippen molar-refractivity contribution >= 4 is 16.2 Å². The van der Waals surface area contributed by atoms with Crippen molar-refractivity contribution in [2.45, 2.75) is 25.0 Å². The lowest BCUT2D eigenvalue weighted by Gasteiger charge is -2.21. The molecular weight excluding hydrogens is 272 g/mol. The predicted octanol–water partition coefficient (Wildman–Crippen LogP) is 0.642. The summed E-state index contributed by atoms with van der Waals surface area (Å²) in [5.41, 5.74) is 0. The van der Waals surface area contributed by atoms with Gasteiger partial charge in [0.15, 0.2) is 0 Å². The minimum absolute atomic E-state index is 0.0617. The second kappa shape index (κ2) is 6.54. The highest BCUT2D eigenvalue weighted by Crippen LogP contribution is 2.24. The molecule has 8 heteroatoms. The third-order valence-corrected chi connectivity index (χ3v) is 3.19. The first kappa shape index (κ1) is 15.5. The number of nitrogens with zero attached hydrogens (tertiary/aromatic N) is 2. The zero-order valence-corrected chi connectivity index (χ0v) is 11.4. The van der Waals surface area contributed by atoms with Crippen LogP contribution >= 0.6 is 0 Å². The van der Waals surface area contributed by atoms with Gasteiger partial charge in [0.05, 0.1) is 37.4 Å². The number of likely N-dealkylation sites (tertiary alicyclic amines) is 1. The first-order chi connectivity index (χ1) is 8.87. The summed E-state index contributed by atoms with van der Waals surface area (Å²) in [5, 5.41) is 8.72. The van der Waals surface area contributed by atoms with E-state index in [9.17, 15) is 13.2 Å². The molecule has 2 atom stereocenters. The number of amides is 1. The quantitative estimate of drug-likeness (QED) is 0.544. The van der Waals surface area contributed by atoms with Crippen LogP contribution in [0.15, 0.2) is 12.7 Å². The van der Waals surface area contributed by atoms with Crippen LogP contribution in [0.5, 0.6) is 0 Å². The van der Waals surface area contributed by atoms with E-state index in [0.717, 1.165) is 6.26 Å². The lowest BCUT2D eigenvalue weighted by atomic mass is 10.1. The molecule has 0 aromatic carbocycles. The minimum Gasteiger partial charge on any atom is -0.445 e. The van der Waals surface area contributed by atoms with Crippen LogP contribution in [0.4, 0.5) is 4.79 Å². The Labute approximate surface area is 112 Å². The molecule has 0 bridgehead atoms. The molecular formula is C11H16N2O5S. The van der Waals surface area contributed by atoms with Gasteiger partial charge in [-0.3, -0.25) is 4.18 Å². The lowest BCUT2D eigenvalue weighted by Crippen LogP contribution is -2.36. The summed E-state index contributed by atoms with van der Waals surface area (Å²) in [7, 11) is -3.59. The largest absolute Gasteiger partial charge is 0.445 e. The van der Waals surface area contributed by atoms with E-state index in [1.807, 2.05) is 6.07 Å². The Balaban J connectivity index is 2.70. The molecule has 0 aliphatic carbocycles. The van der Waals surface area contributed by atoms with Crippen LogP contribution in [0.2, 0.25) is 0 Å². The Morgan fingerprint density at radius 1 is 1.63 bits per heavy atom. The molecule has 1 aliphatic rings. The van der Waals surface area contributed by atoms with Gasteiger partial charge in [-0.15, -0.1) is 0 Å². The first-order valence-electron chi connectivity index (χ1n) is 5.67. The van der Waals surface area contributed by atoms with Crippen molar-refractivity contribution in [3.63, 3.8) is 0 Å². The molecule has 7 nitrogen and oxygen atoms in total. The van der Waals surface area contributed by atoms with E-state index in [1.54, 1.807) is 0 Å². The van der Waals surface area contributed by atoms with Gasteiger partial charge < -0.3 is 9.64 Å². The fraction of sp³-hybridized carbons (Fsp3) is 0.636. The molecule has 19 heavy (non-hydrogen) atoms. The van der Waals surface area contributed by atoms with E-state index in [4.69, 9.17) is 14.2 Å². The van der Waals surface area contributed by atoms with Crippen LogP contribution in [0.1, 0.15) is 12.8 Å². The normalized spacial score (nSPS) is 22.8. The Bertz CT molecular complexity index is 482.